The van der Waals surface area contributed by atoms with E-state index in [1.165, 1.54) is 4.31 Å². The molecule has 0 amide bonds. The van der Waals surface area contributed by atoms with Gasteiger partial charge >= 0.3 is 5.97 Å². The number of fused-ring (bicyclic) bond motifs is 1. The van der Waals surface area contributed by atoms with Crippen LogP contribution in [0.2, 0.25) is 0 Å². The summed E-state index contributed by atoms with van der Waals surface area (Å²) in [5.74, 6) is -1.92. The number of sulfonamides is 1. The van der Waals surface area contributed by atoms with Gasteiger partial charge in [-0.2, -0.15) is 4.31 Å². The molecule has 8 heteroatoms. The highest BCUT2D eigenvalue weighted by atomic mass is 32.2. The molecule has 0 unspecified atom stereocenters. The van der Waals surface area contributed by atoms with Crippen molar-refractivity contribution in [3.8, 4) is 0 Å². The molecule has 1 fully saturated rings. The van der Waals surface area contributed by atoms with Gasteiger partial charge in [-0.1, -0.05) is 17.3 Å². The topological polar surface area (TPSA) is 101 Å². The van der Waals surface area contributed by atoms with E-state index in [9.17, 15) is 18.3 Å². The quantitative estimate of drug-likeness (QED) is 0.913. The molecule has 2 atom stereocenters. The molecule has 0 radical (unpaired) electrons. The Hall–Kier alpha value is -1.93. The van der Waals surface area contributed by atoms with Gasteiger partial charge in [-0.3, -0.25) is 4.79 Å². The van der Waals surface area contributed by atoms with Gasteiger partial charge in [0.1, 0.15) is 11.4 Å². The number of hydrogen-bond donors (Lipinski definition) is 1. The highest BCUT2D eigenvalue weighted by molar-refractivity contribution is 7.88. The van der Waals surface area contributed by atoms with Crippen molar-refractivity contribution in [2.45, 2.75) is 31.6 Å². The first-order valence-corrected chi connectivity index (χ1v) is 9.06. The summed E-state index contributed by atoms with van der Waals surface area (Å²) in [5, 5.41) is 13.8. The standard InChI is InChI=1S/C15H18N2O5S/c1-10-11(15(18)19)6-4-8-17(10)23(20,21)9-13-12-5-2-3-7-14(12)22-16-13/h2-3,5,7,10-11H,4,6,8-9H2,1H3,(H,18,19)/t10-,11-/m1/s1. The fourth-order valence-corrected chi connectivity index (χ4v) is 4.91. The zero-order chi connectivity index (χ0) is 16.6. The van der Waals surface area contributed by atoms with E-state index < -0.39 is 28.0 Å². The van der Waals surface area contributed by atoms with Crippen LogP contribution in [0.3, 0.4) is 0 Å². The summed E-state index contributed by atoms with van der Waals surface area (Å²) in [6, 6.07) is 6.50. The smallest absolute Gasteiger partial charge is 0.308 e. The number of rotatable bonds is 4. The van der Waals surface area contributed by atoms with Crippen molar-refractivity contribution >= 4 is 27.0 Å². The average molecular weight is 338 g/mol. The summed E-state index contributed by atoms with van der Waals surface area (Å²) in [4.78, 5) is 11.3. The second-order valence-corrected chi connectivity index (χ2v) is 7.74. The van der Waals surface area contributed by atoms with E-state index in [0.717, 1.165) is 0 Å². The van der Waals surface area contributed by atoms with Crippen molar-refractivity contribution in [1.29, 1.82) is 0 Å². The number of aromatic nitrogens is 1. The Morgan fingerprint density at radius 2 is 2.17 bits per heavy atom. The van der Waals surface area contributed by atoms with Gasteiger partial charge in [-0.05, 0) is 31.9 Å². The monoisotopic (exact) mass is 338 g/mol. The first kappa shape index (κ1) is 15.9. The molecule has 0 spiro atoms. The minimum atomic E-state index is -3.67. The molecular formula is C15H18N2O5S. The number of carboxylic acid groups (broad SMARTS) is 1. The van der Waals surface area contributed by atoms with Gasteiger partial charge in [0.15, 0.2) is 5.58 Å². The van der Waals surface area contributed by atoms with Crippen LogP contribution in [0, 0.1) is 5.92 Å². The SMILES string of the molecule is C[C@@H]1[C@H](C(=O)O)CCCN1S(=O)(=O)Cc1noc2ccccc12. The second-order valence-electron chi connectivity index (χ2n) is 5.82. The molecular weight excluding hydrogens is 320 g/mol. The van der Waals surface area contributed by atoms with E-state index in [-0.39, 0.29) is 5.75 Å². The normalized spacial score (nSPS) is 23.2. The van der Waals surface area contributed by atoms with Gasteiger partial charge < -0.3 is 9.63 Å². The van der Waals surface area contributed by atoms with E-state index in [2.05, 4.69) is 5.16 Å². The van der Waals surface area contributed by atoms with Crippen molar-refractivity contribution in [3.05, 3.63) is 30.0 Å². The van der Waals surface area contributed by atoms with Crippen LogP contribution in [0.4, 0.5) is 0 Å². The van der Waals surface area contributed by atoms with Crippen LogP contribution < -0.4 is 0 Å². The molecule has 0 bridgehead atoms. The summed E-state index contributed by atoms with van der Waals surface area (Å²) in [6.45, 7) is 1.99. The van der Waals surface area contributed by atoms with Crippen molar-refractivity contribution in [1.82, 2.24) is 9.46 Å². The number of carbonyl (C=O) groups is 1. The summed E-state index contributed by atoms with van der Waals surface area (Å²) in [6.07, 6.45) is 1.04. The maximum Gasteiger partial charge on any atom is 0.308 e. The van der Waals surface area contributed by atoms with Crippen LogP contribution in [0.1, 0.15) is 25.5 Å². The highest BCUT2D eigenvalue weighted by Gasteiger charge is 2.39. The lowest BCUT2D eigenvalue weighted by atomic mass is 9.92. The Balaban J connectivity index is 1.88. The number of nitrogens with zero attached hydrogens (tertiary/aromatic N) is 2. The first-order chi connectivity index (χ1) is 10.9. The fraction of sp³-hybridized carbons (Fsp3) is 0.467. The molecule has 1 N–H and O–H groups in total. The molecule has 1 aromatic carbocycles. The third-order valence-corrected chi connectivity index (χ3v) is 6.24. The van der Waals surface area contributed by atoms with Gasteiger partial charge in [0, 0.05) is 18.0 Å². The zero-order valence-corrected chi connectivity index (χ0v) is 13.5. The molecule has 23 heavy (non-hydrogen) atoms. The highest BCUT2D eigenvalue weighted by Crippen LogP contribution is 2.28. The van der Waals surface area contributed by atoms with Gasteiger partial charge in [-0.15, -0.1) is 0 Å². The number of piperidine rings is 1. The van der Waals surface area contributed by atoms with Crippen molar-refractivity contribution in [2.24, 2.45) is 5.92 Å². The van der Waals surface area contributed by atoms with E-state index in [1.807, 2.05) is 0 Å². The molecule has 0 saturated carbocycles. The van der Waals surface area contributed by atoms with Gasteiger partial charge in [-0.25, -0.2) is 8.42 Å². The summed E-state index contributed by atoms with van der Waals surface area (Å²) >= 11 is 0. The third kappa shape index (κ3) is 2.96. The molecule has 1 saturated heterocycles. The van der Waals surface area contributed by atoms with Gasteiger partial charge in [0.25, 0.3) is 0 Å². The van der Waals surface area contributed by atoms with Crippen LogP contribution in [0.15, 0.2) is 28.8 Å². The fourth-order valence-electron chi connectivity index (χ4n) is 3.13. The van der Waals surface area contributed by atoms with Crippen LogP contribution >= 0.6 is 0 Å². The lowest BCUT2D eigenvalue weighted by Crippen LogP contribution is -2.49. The Labute approximate surface area is 133 Å². The van der Waals surface area contributed by atoms with Crippen LogP contribution in [-0.4, -0.2) is 41.5 Å². The second kappa shape index (κ2) is 5.93. The maximum absolute atomic E-state index is 12.7. The summed E-state index contributed by atoms with van der Waals surface area (Å²) in [5.41, 5.74) is 0.887. The van der Waals surface area contributed by atoms with E-state index in [1.54, 1.807) is 31.2 Å². The molecule has 124 valence electrons. The number of hydrogen-bond acceptors (Lipinski definition) is 5. The number of benzene rings is 1. The predicted molar refractivity (Wildman–Crippen MR) is 83.2 cm³/mol. The zero-order valence-electron chi connectivity index (χ0n) is 12.7. The van der Waals surface area contributed by atoms with E-state index in [4.69, 9.17) is 4.52 Å². The Bertz CT molecular complexity index is 829. The minimum Gasteiger partial charge on any atom is -0.481 e. The Morgan fingerprint density at radius 3 is 2.91 bits per heavy atom. The van der Waals surface area contributed by atoms with Crippen LogP contribution in [0.5, 0.6) is 0 Å². The molecule has 2 aromatic rings. The lowest BCUT2D eigenvalue weighted by Gasteiger charge is -2.36. The van der Waals surface area contributed by atoms with Crippen molar-refractivity contribution in [2.75, 3.05) is 6.54 Å². The lowest BCUT2D eigenvalue weighted by molar-refractivity contribution is -0.144. The maximum atomic E-state index is 12.7. The number of carboxylic acids is 1. The van der Waals surface area contributed by atoms with Crippen LogP contribution in [-0.2, 0) is 20.6 Å². The van der Waals surface area contributed by atoms with E-state index >= 15 is 0 Å². The molecule has 3 rings (SSSR count). The minimum absolute atomic E-state index is 0.291. The Morgan fingerprint density at radius 1 is 1.43 bits per heavy atom. The molecule has 2 heterocycles. The van der Waals surface area contributed by atoms with Gasteiger partial charge in [0.05, 0.1) is 5.92 Å². The van der Waals surface area contributed by atoms with Crippen molar-refractivity contribution < 1.29 is 22.8 Å². The molecule has 7 nitrogen and oxygen atoms in total. The van der Waals surface area contributed by atoms with Crippen molar-refractivity contribution in [3.63, 3.8) is 0 Å². The number of aliphatic carboxylic acids is 1. The largest absolute Gasteiger partial charge is 0.481 e. The van der Waals surface area contributed by atoms with E-state index in [0.29, 0.717) is 36.0 Å². The predicted octanol–water partition coefficient (Wildman–Crippen LogP) is 1.84. The number of para-hydroxylation sites is 1. The molecule has 1 aliphatic heterocycles. The first-order valence-electron chi connectivity index (χ1n) is 7.46. The summed E-state index contributed by atoms with van der Waals surface area (Å²) in [7, 11) is -3.67. The summed E-state index contributed by atoms with van der Waals surface area (Å²) < 4.78 is 31.9. The van der Waals surface area contributed by atoms with Gasteiger partial charge in [0.2, 0.25) is 10.0 Å². The average Bonchev–Trinajstić information content (AvgIpc) is 2.90. The molecule has 1 aromatic heterocycles. The Kier molecular flexibility index (Phi) is 4.11. The molecule has 1 aliphatic rings. The third-order valence-electron chi connectivity index (χ3n) is 4.38. The molecule has 0 aliphatic carbocycles. The van der Waals surface area contributed by atoms with Crippen LogP contribution in [0.25, 0.3) is 11.0 Å².